The Morgan fingerprint density at radius 2 is 2.53 bits per heavy atom. The van der Waals surface area contributed by atoms with Crippen LogP contribution in [-0.4, -0.2) is 23.3 Å². The third-order valence-corrected chi connectivity index (χ3v) is 3.12. The van der Waals surface area contributed by atoms with E-state index < -0.39 is 5.41 Å². The molecule has 0 radical (unpaired) electrons. The lowest BCUT2D eigenvalue weighted by molar-refractivity contribution is -0.126. The first kappa shape index (κ1) is 10.1. The molecule has 1 saturated heterocycles. The van der Waals surface area contributed by atoms with Crippen LogP contribution in [0.5, 0.6) is 0 Å². The highest BCUT2D eigenvalue weighted by Crippen LogP contribution is 2.27. The molecule has 1 aliphatic heterocycles. The first-order valence-electron chi connectivity index (χ1n) is 4.58. The number of carbonyl (C=O) groups is 2. The van der Waals surface area contributed by atoms with Gasteiger partial charge in [0.05, 0.1) is 5.41 Å². The minimum Gasteiger partial charge on any atom is -0.355 e. The van der Waals surface area contributed by atoms with E-state index in [0.29, 0.717) is 11.7 Å². The number of carbonyl (C=O) groups excluding carboxylic acids is 2. The van der Waals surface area contributed by atoms with Gasteiger partial charge in [0.15, 0.2) is 5.13 Å². The minimum atomic E-state index is -0.650. The molecule has 2 N–H and O–H groups in total. The summed E-state index contributed by atoms with van der Waals surface area (Å²) in [5.41, 5.74) is -0.650. The Kier molecular flexibility index (Phi) is 2.44. The Hall–Kier alpha value is -1.43. The molecule has 80 valence electrons. The fourth-order valence-corrected chi connectivity index (χ4v) is 1.99. The van der Waals surface area contributed by atoms with Gasteiger partial charge in [-0.3, -0.25) is 9.59 Å². The van der Waals surface area contributed by atoms with Gasteiger partial charge < -0.3 is 10.6 Å². The lowest BCUT2D eigenvalue weighted by Crippen LogP contribution is -2.35. The molecular weight excluding hydrogens is 214 g/mol. The minimum absolute atomic E-state index is 0.0770. The second-order valence-electron chi connectivity index (χ2n) is 3.81. The highest BCUT2D eigenvalue weighted by molar-refractivity contribution is 7.13. The van der Waals surface area contributed by atoms with Crippen molar-refractivity contribution >= 4 is 28.3 Å². The lowest BCUT2D eigenvalue weighted by Gasteiger charge is -2.18. The van der Waals surface area contributed by atoms with Crippen molar-refractivity contribution in [3.63, 3.8) is 0 Å². The van der Waals surface area contributed by atoms with Gasteiger partial charge in [-0.1, -0.05) is 0 Å². The molecule has 1 aromatic rings. The second kappa shape index (κ2) is 3.62. The molecule has 2 heterocycles. The van der Waals surface area contributed by atoms with Gasteiger partial charge in [0.1, 0.15) is 0 Å². The molecule has 5 nitrogen and oxygen atoms in total. The van der Waals surface area contributed by atoms with Crippen molar-refractivity contribution in [2.45, 2.75) is 13.3 Å². The molecule has 1 fully saturated rings. The van der Waals surface area contributed by atoms with Crippen molar-refractivity contribution in [1.82, 2.24) is 10.3 Å². The van der Waals surface area contributed by atoms with Gasteiger partial charge in [-0.2, -0.15) is 0 Å². The second-order valence-corrected chi connectivity index (χ2v) is 4.70. The molecule has 2 amide bonds. The number of amides is 2. The zero-order chi connectivity index (χ0) is 10.9. The van der Waals surface area contributed by atoms with Gasteiger partial charge in [-0.25, -0.2) is 4.98 Å². The van der Waals surface area contributed by atoms with Crippen LogP contribution in [0.2, 0.25) is 0 Å². The highest BCUT2D eigenvalue weighted by Gasteiger charge is 2.40. The van der Waals surface area contributed by atoms with Crippen molar-refractivity contribution in [3.8, 4) is 0 Å². The number of aromatic nitrogens is 1. The van der Waals surface area contributed by atoms with E-state index in [1.54, 1.807) is 18.5 Å². The smallest absolute Gasteiger partial charge is 0.234 e. The number of nitrogens with zero attached hydrogens (tertiary/aromatic N) is 1. The van der Waals surface area contributed by atoms with E-state index in [1.807, 2.05) is 0 Å². The molecule has 1 aromatic heterocycles. The molecule has 2 rings (SSSR count). The summed E-state index contributed by atoms with van der Waals surface area (Å²) >= 11 is 1.36. The van der Waals surface area contributed by atoms with Crippen LogP contribution < -0.4 is 10.6 Å². The van der Waals surface area contributed by atoms with Gasteiger partial charge in [-0.15, -0.1) is 11.3 Å². The lowest BCUT2D eigenvalue weighted by atomic mass is 9.89. The van der Waals surface area contributed by atoms with Gasteiger partial charge in [-0.05, 0) is 6.92 Å². The van der Waals surface area contributed by atoms with E-state index in [-0.39, 0.29) is 18.2 Å². The fourth-order valence-electron chi connectivity index (χ4n) is 1.47. The quantitative estimate of drug-likeness (QED) is 0.774. The molecule has 1 aliphatic rings. The van der Waals surface area contributed by atoms with Gasteiger partial charge in [0, 0.05) is 24.5 Å². The highest BCUT2D eigenvalue weighted by atomic mass is 32.1. The first-order chi connectivity index (χ1) is 7.10. The topological polar surface area (TPSA) is 71.1 Å². The van der Waals surface area contributed by atoms with Crippen LogP contribution in [-0.2, 0) is 9.59 Å². The van der Waals surface area contributed by atoms with Crippen LogP contribution in [0.15, 0.2) is 11.6 Å². The molecule has 1 atom stereocenters. The van der Waals surface area contributed by atoms with Crippen molar-refractivity contribution in [2.24, 2.45) is 5.41 Å². The number of anilines is 1. The van der Waals surface area contributed by atoms with E-state index in [2.05, 4.69) is 15.6 Å². The normalized spacial score (nSPS) is 25.0. The van der Waals surface area contributed by atoms with Crippen LogP contribution >= 0.6 is 11.3 Å². The molecule has 0 bridgehead atoms. The number of hydrogen-bond acceptors (Lipinski definition) is 4. The maximum Gasteiger partial charge on any atom is 0.234 e. The number of hydrogen-bond donors (Lipinski definition) is 2. The van der Waals surface area contributed by atoms with Crippen LogP contribution in [0.1, 0.15) is 13.3 Å². The molecular formula is C9H11N3O2S. The van der Waals surface area contributed by atoms with Crippen LogP contribution in [0.4, 0.5) is 5.13 Å². The average molecular weight is 225 g/mol. The van der Waals surface area contributed by atoms with E-state index in [4.69, 9.17) is 0 Å². The predicted molar refractivity (Wildman–Crippen MR) is 56.5 cm³/mol. The molecule has 0 spiro atoms. The standard InChI is InChI=1S/C9H11N3O2S/c1-9(4-6(13)11-5-9)7(14)12-8-10-2-3-15-8/h2-3H,4-5H2,1H3,(H,11,13)(H,10,12,14). The number of rotatable bonds is 2. The zero-order valence-corrected chi connectivity index (χ0v) is 9.06. The maximum absolute atomic E-state index is 11.8. The van der Waals surface area contributed by atoms with Crippen LogP contribution in [0.3, 0.4) is 0 Å². The molecule has 0 aliphatic carbocycles. The van der Waals surface area contributed by atoms with E-state index >= 15 is 0 Å². The summed E-state index contributed by atoms with van der Waals surface area (Å²) in [6.45, 7) is 2.16. The van der Waals surface area contributed by atoms with Crippen molar-refractivity contribution in [2.75, 3.05) is 11.9 Å². The van der Waals surface area contributed by atoms with Gasteiger partial charge in [0.2, 0.25) is 11.8 Å². The van der Waals surface area contributed by atoms with Gasteiger partial charge >= 0.3 is 0 Å². The summed E-state index contributed by atoms with van der Waals surface area (Å²) in [5.74, 6) is -0.234. The van der Waals surface area contributed by atoms with E-state index in [9.17, 15) is 9.59 Å². The Morgan fingerprint density at radius 1 is 1.73 bits per heavy atom. The van der Waals surface area contributed by atoms with Crippen LogP contribution in [0, 0.1) is 5.41 Å². The van der Waals surface area contributed by atoms with E-state index in [1.165, 1.54) is 11.3 Å². The SMILES string of the molecule is CC1(C(=O)Nc2nccs2)CNC(=O)C1. The summed E-state index contributed by atoms with van der Waals surface area (Å²) in [6, 6.07) is 0. The Balaban J connectivity index is 2.05. The Bertz CT molecular complexity index is 390. The summed E-state index contributed by atoms with van der Waals surface area (Å²) < 4.78 is 0. The van der Waals surface area contributed by atoms with E-state index in [0.717, 1.165) is 0 Å². The summed E-state index contributed by atoms with van der Waals surface area (Å²) in [4.78, 5) is 26.9. The Morgan fingerprint density at radius 3 is 3.07 bits per heavy atom. The first-order valence-corrected chi connectivity index (χ1v) is 5.46. The summed E-state index contributed by atoms with van der Waals surface area (Å²) in [6.07, 6.45) is 1.87. The Labute approximate surface area is 90.9 Å². The number of thiazole rings is 1. The average Bonchev–Trinajstić information content (AvgIpc) is 2.77. The molecule has 6 heteroatoms. The monoisotopic (exact) mass is 225 g/mol. The largest absolute Gasteiger partial charge is 0.355 e. The predicted octanol–water partition coefficient (Wildman–Crippen LogP) is 0.608. The fraction of sp³-hybridized carbons (Fsp3) is 0.444. The summed E-state index contributed by atoms with van der Waals surface area (Å²) in [7, 11) is 0. The molecule has 0 saturated carbocycles. The molecule has 15 heavy (non-hydrogen) atoms. The van der Waals surface area contributed by atoms with Crippen molar-refractivity contribution in [3.05, 3.63) is 11.6 Å². The van der Waals surface area contributed by atoms with Crippen LogP contribution in [0.25, 0.3) is 0 Å². The maximum atomic E-state index is 11.8. The third kappa shape index (κ3) is 1.99. The molecule has 1 unspecified atom stereocenters. The number of nitrogens with one attached hydrogen (secondary N) is 2. The zero-order valence-electron chi connectivity index (χ0n) is 8.24. The van der Waals surface area contributed by atoms with Gasteiger partial charge in [0.25, 0.3) is 0 Å². The van der Waals surface area contributed by atoms with Crippen molar-refractivity contribution in [1.29, 1.82) is 0 Å². The van der Waals surface area contributed by atoms with Crippen molar-refractivity contribution < 1.29 is 9.59 Å². The molecule has 0 aromatic carbocycles. The summed E-state index contributed by atoms with van der Waals surface area (Å²) in [5, 5.41) is 7.71. The third-order valence-electron chi connectivity index (χ3n) is 2.43.